The highest BCUT2D eigenvalue weighted by Gasteiger charge is 2.36. The number of aromatic nitrogens is 3. The summed E-state index contributed by atoms with van der Waals surface area (Å²) in [5.74, 6) is 0.413. The molecule has 1 unspecified atom stereocenters. The number of benzene rings is 2. The number of nitrogens with zero attached hydrogens (tertiary/aromatic N) is 3. The zero-order chi connectivity index (χ0) is 23.8. The lowest BCUT2D eigenvalue weighted by Gasteiger charge is -2.23. The first-order valence-corrected chi connectivity index (χ1v) is 12.3. The van der Waals surface area contributed by atoms with Crippen molar-refractivity contribution in [3.63, 3.8) is 0 Å². The Labute approximate surface area is 205 Å². The predicted octanol–water partition coefficient (Wildman–Crippen LogP) is 4.23. The van der Waals surface area contributed by atoms with E-state index in [1.807, 2.05) is 90.2 Å². The van der Waals surface area contributed by atoms with Gasteiger partial charge in [0.2, 0.25) is 5.91 Å². The Morgan fingerprint density at radius 3 is 2.69 bits per heavy atom. The molecule has 1 amide bonds. The first kappa shape index (κ1) is 21.4. The minimum atomic E-state index is -0.457. The van der Waals surface area contributed by atoms with E-state index < -0.39 is 5.63 Å². The number of hydrogen-bond acceptors (Lipinski definition) is 5. The van der Waals surface area contributed by atoms with Crippen molar-refractivity contribution in [3.05, 3.63) is 113 Å². The van der Waals surface area contributed by atoms with E-state index in [0.717, 1.165) is 22.2 Å². The number of carbonyl (C=O) groups is 1. The Bertz CT molecular complexity index is 1580. The number of thioether (sulfide) groups is 1. The number of pyridine rings is 1. The smallest absolute Gasteiger partial charge is 0.345 e. The maximum atomic E-state index is 13.1. The van der Waals surface area contributed by atoms with Crippen LogP contribution in [-0.4, -0.2) is 26.3 Å². The van der Waals surface area contributed by atoms with Crippen LogP contribution >= 0.6 is 11.8 Å². The Morgan fingerprint density at radius 2 is 1.86 bits per heavy atom. The van der Waals surface area contributed by atoms with Gasteiger partial charge in [0.15, 0.2) is 12.4 Å². The summed E-state index contributed by atoms with van der Waals surface area (Å²) in [6.07, 6.45) is 5.64. The molecule has 3 aromatic heterocycles. The lowest BCUT2D eigenvalue weighted by atomic mass is 10.1. The number of para-hydroxylation sites is 2. The van der Waals surface area contributed by atoms with Crippen molar-refractivity contribution in [2.45, 2.75) is 11.9 Å². The van der Waals surface area contributed by atoms with Gasteiger partial charge in [-0.1, -0.05) is 36.4 Å². The maximum Gasteiger partial charge on any atom is 0.345 e. The van der Waals surface area contributed by atoms with Crippen LogP contribution < -0.4 is 10.6 Å². The molecule has 1 aliphatic rings. The quantitative estimate of drug-likeness (QED) is 0.351. The number of amides is 1. The molecule has 5 aromatic rings. The summed E-state index contributed by atoms with van der Waals surface area (Å²) < 4.78 is 7.39. The summed E-state index contributed by atoms with van der Waals surface area (Å²) in [6.45, 7) is 0.454. The molecular formula is C27H21N4O3S+. The summed E-state index contributed by atoms with van der Waals surface area (Å²) in [7, 11) is 0. The predicted molar refractivity (Wildman–Crippen MR) is 134 cm³/mol. The van der Waals surface area contributed by atoms with Gasteiger partial charge in [-0.05, 0) is 30.3 Å². The molecule has 0 saturated carbocycles. The molecule has 4 heterocycles. The average Bonchev–Trinajstić information content (AvgIpc) is 3.48. The summed E-state index contributed by atoms with van der Waals surface area (Å²) in [5.41, 5.74) is 3.62. The van der Waals surface area contributed by atoms with Crippen LogP contribution in [0.4, 0.5) is 0 Å². The van der Waals surface area contributed by atoms with Crippen molar-refractivity contribution in [2.75, 3.05) is 5.75 Å². The Morgan fingerprint density at radius 1 is 1.03 bits per heavy atom. The summed E-state index contributed by atoms with van der Waals surface area (Å²) in [6, 6.07) is 22.8. The van der Waals surface area contributed by atoms with Crippen LogP contribution in [0.15, 0.2) is 101 Å². The fraction of sp³-hybridized carbons (Fsp3) is 0.111. The van der Waals surface area contributed by atoms with Gasteiger partial charge in [0, 0.05) is 28.8 Å². The van der Waals surface area contributed by atoms with E-state index in [2.05, 4.69) is 4.98 Å². The van der Waals surface area contributed by atoms with Crippen LogP contribution in [0.5, 0.6) is 0 Å². The van der Waals surface area contributed by atoms with Gasteiger partial charge >= 0.3 is 5.63 Å². The molecule has 0 spiro atoms. The molecule has 1 fully saturated rings. The summed E-state index contributed by atoms with van der Waals surface area (Å²) in [5, 5.41) is 5.35. The fourth-order valence-corrected chi connectivity index (χ4v) is 5.52. The molecule has 0 bridgehead atoms. The number of nitrogens with one attached hydrogen (secondary N) is 1. The highest BCUT2D eigenvalue weighted by molar-refractivity contribution is 8.00. The largest absolute Gasteiger partial charge is 0.422 e. The van der Waals surface area contributed by atoms with Crippen LogP contribution in [0.2, 0.25) is 0 Å². The van der Waals surface area contributed by atoms with Gasteiger partial charge in [-0.3, -0.25) is 4.79 Å². The number of rotatable bonds is 5. The van der Waals surface area contributed by atoms with E-state index in [1.165, 1.54) is 11.8 Å². The molecule has 8 heteroatoms. The van der Waals surface area contributed by atoms with E-state index in [0.29, 0.717) is 29.1 Å². The van der Waals surface area contributed by atoms with Crippen LogP contribution in [-0.2, 0) is 11.3 Å². The summed E-state index contributed by atoms with van der Waals surface area (Å²) >= 11 is 1.54. The molecule has 1 aliphatic heterocycles. The highest BCUT2D eigenvalue weighted by Crippen LogP contribution is 2.43. The molecular weight excluding hydrogens is 460 g/mol. The minimum Gasteiger partial charge on any atom is -0.422 e. The van der Waals surface area contributed by atoms with E-state index >= 15 is 0 Å². The number of fused-ring (bicyclic) bond motifs is 1. The Hall–Kier alpha value is -4.17. The lowest BCUT2D eigenvalue weighted by molar-refractivity contribution is -0.378. The standard InChI is InChI=1S/C27H20N4O3S/c32-24-17-35-26(30(24)15-18-7-6-12-28-14-18)22-16-31(20-9-2-1-3-10-20)29-25(22)21-13-19-8-4-5-11-23(19)34-27(21)33/h1-14,16,26H,15,17H2/p+1. The fourth-order valence-electron chi connectivity index (χ4n) is 4.33. The molecule has 1 saturated heterocycles. The second-order valence-corrected chi connectivity index (χ2v) is 9.36. The molecule has 1 N–H and O–H groups in total. The molecule has 1 atom stereocenters. The molecule has 6 rings (SSSR count). The van der Waals surface area contributed by atoms with Crippen molar-refractivity contribution in [3.8, 4) is 16.9 Å². The van der Waals surface area contributed by atoms with Crippen LogP contribution in [0.3, 0.4) is 0 Å². The average molecular weight is 482 g/mol. The molecule has 172 valence electrons. The van der Waals surface area contributed by atoms with Gasteiger partial charge in [-0.25, -0.2) is 14.5 Å². The molecule has 7 nitrogen and oxygen atoms in total. The molecule has 0 aliphatic carbocycles. The maximum absolute atomic E-state index is 13.1. The van der Waals surface area contributed by atoms with E-state index in [1.54, 1.807) is 10.7 Å². The van der Waals surface area contributed by atoms with Crippen molar-refractivity contribution in [1.82, 2.24) is 14.7 Å². The van der Waals surface area contributed by atoms with E-state index in [4.69, 9.17) is 9.52 Å². The van der Waals surface area contributed by atoms with Crippen molar-refractivity contribution in [1.29, 1.82) is 0 Å². The number of H-pyrrole nitrogens is 1. The lowest BCUT2D eigenvalue weighted by Crippen LogP contribution is -2.28. The van der Waals surface area contributed by atoms with Crippen molar-refractivity contribution >= 4 is 28.6 Å². The third-order valence-corrected chi connectivity index (χ3v) is 7.26. The number of aromatic amines is 1. The number of hydrogen-bond donors (Lipinski definition) is 0. The third-order valence-electron chi connectivity index (χ3n) is 6.02. The van der Waals surface area contributed by atoms with Crippen molar-refractivity contribution < 1.29 is 14.2 Å². The highest BCUT2D eigenvalue weighted by atomic mass is 32.2. The minimum absolute atomic E-state index is 0.0489. The molecule has 0 radical (unpaired) electrons. The number of carbonyl (C=O) groups excluding carboxylic acids is 1. The van der Waals surface area contributed by atoms with Gasteiger partial charge in [0.25, 0.3) is 0 Å². The topological polar surface area (TPSA) is 82.5 Å². The monoisotopic (exact) mass is 481 g/mol. The zero-order valence-corrected chi connectivity index (χ0v) is 19.4. The Balaban J connectivity index is 1.51. The van der Waals surface area contributed by atoms with Crippen LogP contribution in [0.25, 0.3) is 27.9 Å². The van der Waals surface area contributed by atoms with Crippen LogP contribution in [0, 0.1) is 0 Å². The second kappa shape index (κ2) is 8.88. The first-order chi connectivity index (χ1) is 17.2. The summed E-state index contributed by atoms with van der Waals surface area (Å²) in [4.78, 5) is 30.9. The van der Waals surface area contributed by atoms with Crippen LogP contribution in [0.1, 0.15) is 16.5 Å². The van der Waals surface area contributed by atoms with Gasteiger partial charge in [0.05, 0.1) is 23.5 Å². The van der Waals surface area contributed by atoms with Gasteiger partial charge in [0.1, 0.15) is 16.7 Å². The van der Waals surface area contributed by atoms with E-state index in [9.17, 15) is 9.59 Å². The normalized spacial score (nSPS) is 15.7. The second-order valence-electron chi connectivity index (χ2n) is 8.30. The Kier molecular flexibility index (Phi) is 5.42. The van der Waals surface area contributed by atoms with Gasteiger partial charge in [-0.2, -0.15) is 5.10 Å². The molecule has 2 aromatic carbocycles. The third kappa shape index (κ3) is 4.02. The zero-order valence-electron chi connectivity index (χ0n) is 18.6. The van der Waals surface area contributed by atoms with E-state index in [-0.39, 0.29) is 11.3 Å². The first-order valence-electron chi connectivity index (χ1n) is 11.2. The molecule has 35 heavy (non-hydrogen) atoms. The van der Waals surface area contributed by atoms with Crippen molar-refractivity contribution in [2.24, 2.45) is 0 Å². The SMILES string of the molecule is O=C1CSC(c2cn(-c3ccccc3)nc2-c2cc3ccccc3oc2=O)N1Cc1ccc[nH+]c1. The van der Waals surface area contributed by atoms with Gasteiger partial charge in [-0.15, -0.1) is 11.8 Å². The van der Waals surface area contributed by atoms with Gasteiger partial charge < -0.3 is 9.32 Å².